The number of benzene rings is 1. The lowest BCUT2D eigenvalue weighted by atomic mass is 10.2. The number of aliphatic hydroxyl groups is 1. The Hall–Kier alpha value is -2.15. The SMILES string of the molecule is O=C(CCCNc1ccc([N+](=O)[O-])cc1)NCCCO. The molecule has 110 valence electrons. The fourth-order valence-corrected chi connectivity index (χ4v) is 1.58. The second-order valence-electron chi connectivity index (χ2n) is 4.26. The average Bonchev–Trinajstić information content (AvgIpc) is 2.44. The molecule has 0 radical (unpaired) electrons. The molecule has 0 aliphatic rings. The molecular weight excluding hydrogens is 262 g/mol. The first kappa shape index (κ1) is 15.9. The summed E-state index contributed by atoms with van der Waals surface area (Å²) in [5, 5.41) is 24.8. The maximum Gasteiger partial charge on any atom is 0.269 e. The number of carbonyl (C=O) groups is 1. The summed E-state index contributed by atoms with van der Waals surface area (Å²) >= 11 is 0. The van der Waals surface area contributed by atoms with Crippen molar-refractivity contribution in [1.82, 2.24) is 5.32 Å². The first-order chi connectivity index (χ1) is 9.63. The molecule has 20 heavy (non-hydrogen) atoms. The van der Waals surface area contributed by atoms with Crippen molar-refractivity contribution in [1.29, 1.82) is 0 Å². The first-order valence-corrected chi connectivity index (χ1v) is 6.49. The van der Waals surface area contributed by atoms with Crippen molar-refractivity contribution in [3.05, 3.63) is 34.4 Å². The summed E-state index contributed by atoms with van der Waals surface area (Å²) in [6, 6.07) is 6.15. The van der Waals surface area contributed by atoms with Gasteiger partial charge in [0.2, 0.25) is 5.91 Å². The number of anilines is 1. The summed E-state index contributed by atoms with van der Waals surface area (Å²) in [5.41, 5.74) is 0.843. The zero-order valence-corrected chi connectivity index (χ0v) is 11.2. The smallest absolute Gasteiger partial charge is 0.269 e. The van der Waals surface area contributed by atoms with Gasteiger partial charge in [0.1, 0.15) is 0 Å². The highest BCUT2D eigenvalue weighted by Gasteiger charge is 2.04. The van der Waals surface area contributed by atoms with Crippen molar-refractivity contribution < 1.29 is 14.8 Å². The molecule has 0 bridgehead atoms. The van der Waals surface area contributed by atoms with E-state index in [9.17, 15) is 14.9 Å². The molecule has 0 atom stereocenters. The van der Waals surface area contributed by atoms with Crippen molar-refractivity contribution in [2.45, 2.75) is 19.3 Å². The van der Waals surface area contributed by atoms with Crippen molar-refractivity contribution in [3.63, 3.8) is 0 Å². The van der Waals surface area contributed by atoms with Crippen LogP contribution in [0.5, 0.6) is 0 Å². The number of rotatable bonds is 9. The van der Waals surface area contributed by atoms with Gasteiger partial charge in [-0.15, -0.1) is 0 Å². The molecule has 0 unspecified atom stereocenters. The van der Waals surface area contributed by atoms with E-state index in [1.807, 2.05) is 0 Å². The number of hydrogen-bond donors (Lipinski definition) is 3. The normalized spacial score (nSPS) is 10.1. The van der Waals surface area contributed by atoms with Crippen molar-refractivity contribution >= 4 is 17.3 Å². The first-order valence-electron chi connectivity index (χ1n) is 6.49. The van der Waals surface area contributed by atoms with Crippen LogP contribution in [0.4, 0.5) is 11.4 Å². The summed E-state index contributed by atoms with van der Waals surface area (Å²) in [6.07, 6.45) is 1.64. The van der Waals surface area contributed by atoms with E-state index in [2.05, 4.69) is 10.6 Å². The molecule has 0 fully saturated rings. The van der Waals surface area contributed by atoms with E-state index < -0.39 is 4.92 Å². The number of nitrogens with one attached hydrogen (secondary N) is 2. The molecule has 1 aromatic rings. The Morgan fingerprint density at radius 1 is 1.20 bits per heavy atom. The lowest BCUT2D eigenvalue weighted by Crippen LogP contribution is -2.25. The molecule has 7 heteroatoms. The van der Waals surface area contributed by atoms with Gasteiger partial charge in [-0.25, -0.2) is 0 Å². The Morgan fingerprint density at radius 3 is 2.50 bits per heavy atom. The van der Waals surface area contributed by atoms with Gasteiger partial charge in [0.25, 0.3) is 5.69 Å². The van der Waals surface area contributed by atoms with Crippen LogP contribution in [0.1, 0.15) is 19.3 Å². The van der Waals surface area contributed by atoms with E-state index in [1.54, 1.807) is 12.1 Å². The molecular formula is C13H19N3O4. The highest BCUT2D eigenvalue weighted by atomic mass is 16.6. The third kappa shape index (κ3) is 6.14. The van der Waals surface area contributed by atoms with Gasteiger partial charge in [-0.05, 0) is 25.0 Å². The molecule has 0 saturated carbocycles. The monoisotopic (exact) mass is 281 g/mol. The quantitative estimate of drug-likeness (QED) is 0.359. The molecule has 3 N–H and O–H groups in total. The standard InChI is InChI=1S/C13H19N3O4/c17-10-2-9-15-13(18)3-1-8-14-11-4-6-12(7-5-11)16(19)20/h4-7,14,17H,1-3,8-10H2,(H,15,18). The number of non-ortho nitro benzene ring substituents is 1. The van der Waals surface area contributed by atoms with Gasteiger partial charge in [-0.2, -0.15) is 0 Å². The van der Waals surface area contributed by atoms with Crippen LogP contribution >= 0.6 is 0 Å². The molecule has 0 heterocycles. The Kier molecular flexibility index (Phi) is 7.05. The maximum atomic E-state index is 11.4. The summed E-state index contributed by atoms with van der Waals surface area (Å²) in [7, 11) is 0. The van der Waals surface area contributed by atoms with Gasteiger partial charge in [-0.3, -0.25) is 14.9 Å². The van der Waals surface area contributed by atoms with Crippen molar-refractivity contribution in [2.75, 3.05) is 25.0 Å². The highest BCUT2D eigenvalue weighted by molar-refractivity contribution is 5.75. The lowest BCUT2D eigenvalue weighted by molar-refractivity contribution is -0.384. The zero-order valence-electron chi connectivity index (χ0n) is 11.2. The summed E-state index contributed by atoms with van der Waals surface area (Å²) in [5.74, 6) is -0.0380. The van der Waals surface area contributed by atoms with E-state index in [0.717, 1.165) is 5.69 Å². The van der Waals surface area contributed by atoms with Gasteiger partial charge in [0, 0.05) is 43.9 Å². The summed E-state index contributed by atoms with van der Waals surface area (Å²) < 4.78 is 0. The zero-order chi connectivity index (χ0) is 14.8. The fraction of sp³-hybridized carbons (Fsp3) is 0.462. The van der Waals surface area contributed by atoms with Gasteiger partial charge in [0.05, 0.1) is 4.92 Å². The number of hydrogen-bond acceptors (Lipinski definition) is 5. The third-order valence-electron chi connectivity index (χ3n) is 2.64. The Balaban J connectivity index is 2.17. The molecule has 1 aromatic carbocycles. The van der Waals surface area contributed by atoms with E-state index >= 15 is 0 Å². The second kappa shape index (κ2) is 8.87. The Labute approximate surface area is 117 Å². The predicted octanol–water partition coefficient (Wildman–Crippen LogP) is 1.29. The largest absolute Gasteiger partial charge is 0.396 e. The average molecular weight is 281 g/mol. The Bertz CT molecular complexity index is 434. The molecule has 0 aromatic heterocycles. The topological polar surface area (TPSA) is 104 Å². The Morgan fingerprint density at radius 2 is 1.90 bits per heavy atom. The summed E-state index contributed by atoms with van der Waals surface area (Å²) in [4.78, 5) is 21.4. The number of carbonyl (C=O) groups excluding carboxylic acids is 1. The minimum Gasteiger partial charge on any atom is -0.396 e. The fourth-order valence-electron chi connectivity index (χ4n) is 1.58. The van der Waals surface area contributed by atoms with Crippen LogP contribution in [0.2, 0.25) is 0 Å². The van der Waals surface area contributed by atoms with E-state index in [0.29, 0.717) is 32.4 Å². The minimum absolute atomic E-state index is 0.0380. The number of nitro groups is 1. The van der Waals surface area contributed by atoms with Crippen LogP contribution in [0, 0.1) is 10.1 Å². The lowest BCUT2D eigenvalue weighted by Gasteiger charge is -2.06. The minimum atomic E-state index is -0.444. The van der Waals surface area contributed by atoms with Crippen LogP contribution in [-0.2, 0) is 4.79 Å². The third-order valence-corrected chi connectivity index (χ3v) is 2.64. The maximum absolute atomic E-state index is 11.4. The van der Waals surface area contributed by atoms with E-state index in [4.69, 9.17) is 5.11 Å². The molecule has 1 rings (SSSR count). The van der Waals surface area contributed by atoms with Crippen LogP contribution in [0.15, 0.2) is 24.3 Å². The molecule has 0 spiro atoms. The molecule has 1 amide bonds. The van der Waals surface area contributed by atoms with Crippen LogP contribution < -0.4 is 10.6 Å². The molecule has 0 saturated heterocycles. The number of aliphatic hydroxyl groups excluding tert-OH is 1. The van der Waals surface area contributed by atoms with E-state index in [-0.39, 0.29) is 18.2 Å². The van der Waals surface area contributed by atoms with E-state index in [1.165, 1.54) is 12.1 Å². The van der Waals surface area contributed by atoms with Crippen LogP contribution in [0.25, 0.3) is 0 Å². The molecule has 7 nitrogen and oxygen atoms in total. The predicted molar refractivity (Wildman–Crippen MR) is 75.5 cm³/mol. The second-order valence-corrected chi connectivity index (χ2v) is 4.26. The molecule has 0 aliphatic carbocycles. The number of nitro benzene ring substituents is 1. The number of amides is 1. The van der Waals surface area contributed by atoms with Crippen molar-refractivity contribution in [2.24, 2.45) is 0 Å². The van der Waals surface area contributed by atoms with Crippen LogP contribution in [-0.4, -0.2) is 35.6 Å². The molecule has 0 aliphatic heterocycles. The van der Waals surface area contributed by atoms with Gasteiger partial charge in [0.15, 0.2) is 0 Å². The number of nitrogens with zero attached hydrogens (tertiary/aromatic N) is 1. The van der Waals surface area contributed by atoms with Crippen LogP contribution in [0.3, 0.4) is 0 Å². The summed E-state index contributed by atoms with van der Waals surface area (Å²) in [6.45, 7) is 1.18. The van der Waals surface area contributed by atoms with Gasteiger partial charge < -0.3 is 15.7 Å². The highest BCUT2D eigenvalue weighted by Crippen LogP contribution is 2.15. The van der Waals surface area contributed by atoms with Gasteiger partial charge in [-0.1, -0.05) is 0 Å². The van der Waals surface area contributed by atoms with Gasteiger partial charge >= 0.3 is 0 Å². The van der Waals surface area contributed by atoms with Crippen molar-refractivity contribution in [3.8, 4) is 0 Å².